The third-order valence-corrected chi connectivity index (χ3v) is 5.54. The number of halogens is 1. The molecule has 3 heteroatoms. The van der Waals surface area contributed by atoms with Crippen LogP contribution in [0.5, 0.6) is 0 Å². The third-order valence-electron chi connectivity index (χ3n) is 4.90. The summed E-state index contributed by atoms with van der Waals surface area (Å²) in [6, 6.07) is 10.1. The first-order valence-electron chi connectivity index (χ1n) is 7.92. The summed E-state index contributed by atoms with van der Waals surface area (Å²) in [5, 5.41) is 11.9. The number of pyridine rings is 1. The molecule has 1 aromatic heterocycles. The molecular formula is C18H22BrNO. The fourth-order valence-corrected chi connectivity index (χ4v) is 4.02. The highest BCUT2D eigenvalue weighted by atomic mass is 79.9. The zero-order chi connectivity index (χ0) is 14.8. The topological polar surface area (TPSA) is 33.1 Å². The van der Waals surface area contributed by atoms with Gasteiger partial charge in [0.15, 0.2) is 0 Å². The molecule has 0 radical (unpaired) electrons. The van der Waals surface area contributed by atoms with Gasteiger partial charge in [-0.05, 0) is 52.7 Å². The smallest absolute Gasteiger partial charge is 0.0999 e. The van der Waals surface area contributed by atoms with E-state index in [1.807, 2.05) is 18.2 Å². The van der Waals surface area contributed by atoms with Gasteiger partial charge in [0.05, 0.1) is 17.3 Å². The van der Waals surface area contributed by atoms with Crippen molar-refractivity contribution in [2.24, 2.45) is 11.8 Å². The lowest BCUT2D eigenvalue weighted by atomic mass is 9.78. The summed E-state index contributed by atoms with van der Waals surface area (Å²) in [4.78, 5) is 4.69. The summed E-state index contributed by atoms with van der Waals surface area (Å²) in [7, 11) is 0. The van der Waals surface area contributed by atoms with Gasteiger partial charge in [0.2, 0.25) is 0 Å². The molecule has 2 nitrogen and oxygen atoms in total. The van der Waals surface area contributed by atoms with E-state index < -0.39 is 6.10 Å². The number of benzene rings is 1. The summed E-state index contributed by atoms with van der Waals surface area (Å²) in [5.74, 6) is 1.19. The molecule has 1 atom stereocenters. The van der Waals surface area contributed by atoms with Gasteiger partial charge < -0.3 is 5.11 Å². The van der Waals surface area contributed by atoms with Gasteiger partial charge in [-0.15, -0.1) is 0 Å². The zero-order valence-corrected chi connectivity index (χ0v) is 14.0. The molecule has 0 saturated heterocycles. The van der Waals surface area contributed by atoms with Crippen LogP contribution in [0.4, 0.5) is 0 Å². The Morgan fingerprint density at radius 1 is 1.24 bits per heavy atom. The number of rotatable bonds is 3. The molecule has 21 heavy (non-hydrogen) atoms. The molecule has 1 aromatic carbocycles. The highest BCUT2D eigenvalue weighted by Crippen LogP contribution is 2.39. The van der Waals surface area contributed by atoms with Crippen molar-refractivity contribution < 1.29 is 5.11 Å². The van der Waals surface area contributed by atoms with Crippen molar-refractivity contribution in [3.63, 3.8) is 0 Å². The van der Waals surface area contributed by atoms with Crippen molar-refractivity contribution in [1.82, 2.24) is 4.98 Å². The molecule has 0 amide bonds. The van der Waals surface area contributed by atoms with Gasteiger partial charge in [-0.2, -0.15) is 0 Å². The van der Waals surface area contributed by atoms with Crippen molar-refractivity contribution >= 4 is 26.8 Å². The minimum Gasteiger partial charge on any atom is -0.386 e. The van der Waals surface area contributed by atoms with E-state index in [1.165, 1.54) is 19.3 Å². The van der Waals surface area contributed by atoms with E-state index >= 15 is 0 Å². The summed E-state index contributed by atoms with van der Waals surface area (Å²) < 4.78 is 0.923. The maximum Gasteiger partial charge on any atom is 0.0999 e. The minimum absolute atomic E-state index is 0.345. The second kappa shape index (κ2) is 6.45. The first kappa shape index (κ1) is 15.0. The van der Waals surface area contributed by atoms with E-state index in [1.54, 1.807) is 0 Å². The molecule has 0 aliphatic heterocycles. The second-order valence-electron chi connectivity index (χ2n) is 6.18. The minimum atomic E-state index is -0.457. The summed E-state index contributed by atoms with van der Waals surface area (Å²) in [5.41, 5.74) is 1.76. The second-order valence-corrected chi connectivity index (χ2v) is 7.04. The highest BCUT2D eigenvalue weighted by Gasteiger charge is 2.28. The van der Waals surface area contributed by atoms with E-state index in [0.717, 1.165) is 39.8 Å². The van der Waals surface area contributed by atoms with E-state index in [9.17, 15) is 5.11 Å². The van der Waals surface area contributed by atoms with E-state index in [0.29, 0.717) is 5.92 Å². The molecule has 112 valence electrons. The molecule has 1 aliphatic carbocycles. The lowest BCUT2D eigenvalue weighted by Crippen LogP contribution is -2.21. The van der Waals surface area contributed by atoms with Gasteiger partial charge in [-0.1, -0.05) is 44.4 Å². The molecule has 3 rings (SSSR count). The first-order valence-corrected chi connectivity index (χ1v) is 8.71. The van der Waals surface area contributed by atoms with Crippen LogP contribution in [0.2, 0.25) is 0 Å². The van der Waals surface area contributed by atoms with E-state index in [4.69, 9.17) is 4.98 Å². The Balaban J connectivity index is 1.84. The molecule has 1 unspecified atom stereocenters. The predicted octanol–water partition coefficient (Wildman–Crippen LogP) is 5.25. The highest BCUT2D eigenvalue weighted by molar-refractivity contribution is 9.10. The molecule has 1 heterocycles. The van der Waals surface area contributed by atoms with Gasteiger partial charge in [0.25, 0.3) is 0 Å². The van der Waals surface area contributed by atoms with Crippen LogP contribution in [-0.4, -0.2) is 10.1 Å². The Morgan fingerprint density at radius 2 is 1.95 bits per heavy atom. The molecule has 1 fully saturated rings. The predicted molar refractivity (Wildman–Crippen MR) is 90.1 cm³/mol. The van der Waals surface area contributed by atoms with Crippen LogP contribution in [0, 0.1) is 11.8 Å². The maximum atomic E-state index is 10.8. The molecule has 1 N–H and O–H groups in total. The molecule has 2 aromatic rings. The van der Waals surface area contributed by atoms with E-state index in [-0.39, 0.29) is 0 Å². The van der Waals surface area contributed by atoms with Crippen molar-refractivity contribution in [3.05, 3.63) is 40.5 Å². The Bertz CT molecular complexity index is 620. The number of aliphatic hydroxyl groups excluding tert-OH is 1. The summed E-state index contributed by atoms with van der Waals surface area (Å²) >= 11 is 3.59. The standard InChI is InChI=1S/C18H22BrNO/c1-2-12-7-9-13(10-8-12)18(21)17-15(19)11-14-5-3-4-6-16(14)20-17/h3-6,11-13,18,21H,2,7-10H2,1H3. The number of hydrogen-bond acceptors (Lipinski definition) is 2. The van der Waals surface area contributed by atoms with Crippen LogP contribution in [0.1, 0.15) is 50.8 Å². The fraction of sp³-hybridized carbons (Fsp3) is 0.500. The SMILES string of the molecule is CCC1CCC(C(O)c2nc3ccccc3cc2Br)CC1. The molecule has 0 spiro atoms. The maximum absolute atomic E-state index is 10.8. The van der Waals surface area contributed by atoms with Gasteiger partial charge in [-0.3, -0.25) is 0 Å². The number of para-hydroxylation sites is 1. The summed E-state index contributed by atoms with van der Waals surface area (Å²) in [6.07, 6.45) is 5.51. The monoisotopic (exact) mass is 347 g/mol. The van der Waals surface area contributed by atoms with Gasteiger partial charge in [0, 0.05) is 9.86 Å². The first-order chi connectivity index (χ1) is 10.2. The Hall–Kier alpha value is -0.930. The van der Waals surface area contributed by atoms with Crippen LogP contribution in [0.25, 0.3) is 10.9 Å². The Morgan fingerprint density at radius 3 is 2.67 bits per heavy atom. The summed E-state index contributed by atoms with van der Waals surface area (Å²) in [6.45, 7) is 2.27. The molecule has 0 bridgehead atoms. The normalized spacial score (nSPS) is 24.1. The third kappa shape index (κ3) is 3.14. The number of aliphatic hydroxyl groups is 1. The average molecular weight is 348 g/mol. The molecule has 1 saturated carbocycles. The number of aromatic nitrogens is 1. The number of hydrogen-bond donors (Lipinski definition) is 1. The van der Waals surface area contributed by atoms with Gasteiger partial charge in [0.1, 0.15) is 0 Å². The van der Waals surface area contributed by atoms with Crippen LogP contribution >= 0.6 is 15.9 Å². The lowest BCUT2D eigenvalue weighted by molar-refractivity contribution is 0.0692. The number of fused-ring (bicyclic) bond motifs is 1. The Kier molecular flexibility index (Phi) is 4.60. The van der Waals surface area contributed by atoms with Gasteiger partial charge in [-0.25, -0.2) is 4.98 Å². The van der Waals surface area contributed by atoms with Crippen molar-refractivity contribution in [3.8, 4) is 0 Å². The van der Waals surface area contributed by atoms with Gasteiger partial charge >= 0.3 is 0 Å². The van der Waals surface area contributed by atoms with Crippen LogP contribution in [0.3, 0.4) is 0 Å². The average Bonchev–Trinajstić information content (AvgIpc) is 2.53. The van der Waals surface area contributed by atoms with Crippen molar-refractivity contribution in [2.75, 3.05) is 0 Å². The zero-order valence-electron chi connectivity index (χ0n) is 12.4. The van der Waals surface area contributed by atoms with Crippen molar-refractivity contribution in [2.45, 2.75) is 45.1 Å². The molecule has 1 aliphatic rings. The van der Waals surface area contributed by atoms with Crippen LogP contribution in [0.15, 0.2) is 34.8 Å². The number of nitrogens with zero attached hydrogens (tertiary/aromatic N) is 1. The lowest BCUT2D eigenvalue weighted by Gasteiger charge is -2.31. The fourth-order valence-electron chi connectivity index (χ4n) is 3.45. The Labute approximate surface area is 134 Å². The largest absolute Gasteiger partial charge is 0.386 e. The molecular weight excluding hydrogens is 326 g/mol. The van der Waals surface area contributed by atoms with Crippen LogP contribution in [-0.2, 0) is 0 Å². The van der Waals surface area contributed by atoms with Crippen molar-refractivity contribution in [1.29, 1.82) is 0 Å². The quantitative estimate of drug-likeness (QED) is 0.822. The van der Waals surface area contributed by atoms with Crippen LogP contribution < -0.4 is 0 Å². The van der Waals surface area contributed by atoms with E-state index in [2.05, 4.69) is 35.0 Å².